The summed E-state index contributed by atoms with van der Waals surface area (Å²) in [7, 11) is 0. The summed E-state index contributed by atoms with van der Waals surface area (Å²) < 4.78 is 0.806. The monoisotopic (exact) mass is 354 g/mol. The molecular formula is C17H14N4OS2. The van der Waals surface area contributed by atoms with E-state index < -0.39 is 0 Å². The molecule has 120 valence electrons. The van der Waals surface area contributed by atoms with E-state index in [2.05, 4.69) is 26.6 Å². The average Bonchev–Trinajstić information content (AvgIpc) is 3.02. The fourth-order valence-electron chi connectivity index (χ4n) is 2.59. The molecule has 24 heavy (non-hydrogen) atoms. The Morgan fingerprint density at radius 3 is 2.96 bits per heavy atom. The van der Waals surface area contributed by atoms with E-state index in [4.69, 9.17) is 0 Å². The van der Waals surface area contributed by atoms with Crippen LogP contribution in [0.3, 0.4) is 0 Å². The highest BCUT2D eigenvalue weighted by Gasteiger charge is 2.25. The van der Waals surface area contributed by atoms with Gasteiger partial charge < -0.3 is 5.32 Å². The molecule has 1 aliphatic rings. The van der Waals surface area contributed by atoms with Crippen molar-refractivity contribution in [3.63, 3.8) is 0 Å². The van der Waals surface area contributed by atoms with E-state index in [1.807, 2.05) is 30.3 Å². The van der Waals surface area contributed by atoms with Gasteiger partial charge in [0.15, 0.2) is 4.34 Å². The summed E-state index contributed by atoms with van der Waals surface area (Å²) in [6.45, 7) is 0. The molecule has 1 amide bonds. The first-order valence-electron chi connectivity index (χ1n) is 7.59. The Balaban J connectivity index is 1.50. The zero-order valence-electron chi connectivity index (χ0n) is 12.7. The van der Waals surface area contributed by atoms with Crippen molar-refractivity contribution in [2.75, 3.05) is 5.32 Å². The highest BCUT2D eigenvalue weighted by atomic mass is 32.2. The van der Waals surface area contributed by atoms with Crippen LogP contribution in [0.5, 0.6) is 0 Å². The van der Waals surface area contributed by atoms with Gasteiger partial charge in [0.25, 0.3) is 0 Å². The minimum Gasteiger partial charge on any atom is -0.325 e. The van der Waals surface area contributed by atoms with Crippen molar-refractivity contribution >= 4 is 34.7 Å². The Morgan fingerprint density at radius 1 is 1.17 bits per heavy atom. The van der Waals surface area contributed by atoms with E-state index >= 15 is 0 Å². The van der Waals surface area contributed by atoms with Gasteiger partial charge in [-0.2, -0.15) is 0 Å². The fourth-order valence-corrected chi connectivity index (χ4v) is 4.67. The lowest BCUT2D eigenvalue weighted by molar-refractivity contribution is -0.115. The lowest BCUT2D eigenvalue weighted by Gasteiger charge is -2.10. The summed E-state index contributed by atoms with van der Waals surface area (Å²) >= 11 is 2.98. The summed E-state index contributed by atoms with van der Waals surface area (Å²) in [6, 6.07) is 11.8. The molecule has 0 radical (unpaired) electrons. The number of rotatable bonds is 3. The second-order valence-electron chi connectivity index (χ2n) is 5.41. The van der Waals surface area contributed by atoms with E-state index in [0.717, 1.165) is 33.4 Å². The van der Waals surface area contributed by atoms with Gasteiger partial charge in [-0.3, -0.25) is 9.78 Å². The number of aromatic nitrogens is 3. The summed E-state index contributed by atoms with van der Waals surface area (Å²) in [4.78, 5) is 16.6. The van der Waals surface area contributed by atoms with Crippen molar-refractivity contribution in [1.29, 1.82) is 0 Å². The van der Waals surface area contributed by atoms with Crippen LogP contribution in [0, 0.1) is 0 Å². The minimum absolute atomic E-state index is 0.0306. The van der Waals surface area contributed by atoms with Crippen LogP contribution in [0.25, 0.3) is 10.6 Å². The number of aryl methyl sites for hydroxylation is 1. The summed E-state index contributed by atoms with van der Waals surface area (Å²) in [5.74, 6) is 0.0306. The van der Waals surface area contributed by atoms with Gasteiger partial charge in [-0.05, 0) is 36.6 Å². The SMILES string of the molecule is O=C1Nc2ccccc2CC[C@@H]1Sc1nnc(-c2cccnc2)s1. The number of hydrogen-bond acceptors (Lipinski definition) is 6. The molecule has 0 bridgehead atoms. The highest BCUT2D eigenvalue weighted by molar-refractivity contribution is 8.02. The zero-order valence-corrected chi connectivity index (χ0v) is 14.3. The van der Waals surface area contributed by atoms with Gasteiger partial charge in [-0.1, -0.05) is 41.3 Å². The van der Waals surface area contributed by atoms with E-state index in [0.29, 0.717) is 0 Å². The second kappa shape index (κ2) is 6.70. The van der Waals surface area contributed by atoms with Gasteiger partial charge in [-0.25, -0.2) is 0 Å². The molecule has 3 aromatic rings. The van der Waals surface area contributed by atoms with E-state index in [1.54, 1.807) is 12.4 Å². The molecule has 1 atom stereocenters. The van der Waals surface area contributed by atoms with Crippen molar-refractivity contribution in [2.24, 2.45) is 0 Å². The number of benzene rings is 1. The number of thioether (sulfide) groups is 1. The third-order valence-corrected chi connectivity index (χ3v) is 6.12. The Labute approximate surface area is 147 Å². The summed E-state index contributed by atoms with van der Waals surface area (Å²) in [5, 5.41) is 12.1. The molecule has 0 aliphatic carbocycles. The Morgan fingerprint density at radius 2 is 2.08 bits per heavy atom. The van der Waals surface area contributed by atoms with Crippen molar-refractivity contribution in [1.82, 2.24) is 15.2 Å². The summed E-state index contributed by atoms with van der Waals surface area (Å²) in [5.41, 5.74) is 3.04. The third-order valence-electron chi connectivity index (χ3n) is 3.80. The minimum atomic E-state index is -0.160. The fraction of sp³-hybridized carbons (Fsp3) is 0.176. The highest BCUT2D eigenvalue weighted by Crippen LogP contribution is 2.35. The number of fused-ring (bicyclic) bond motifs is 1. The molecular weight excluding hydrogens is 340 g/mol. The van der Waals surface area contributed by atoms with Crippen molar-refractivity contribution in [3.8, 4) is 10.6 Å². The van der Waals surface area contributed by atoms with Crippen LogP contribution < -0.4 is 5.32 Å². The maximum atomic E-state index is 12.5. The molecule has 0 saturated heterocycles. The van der Waals surface area contributed by atoms with Gasteiger partial charge in [0.2, 0.25) is 5.91 Å². The summed E-state index contributed by atoms with van der Waals surface area (Å²) in [6.07, 6.45) is 5.16. The first-order valence-corrected chi connectivity index (χ1v) is 9.28. The first-order chi connectivity index (χ1) is 11.8. The number of hydrogen-bond donors (Lipinski definition) is 1. The van der Waals surface area contributed by atoms with E-state index in [-0.39, 0.29) is 11.2 Å². The van der Waals surface area contributed by atoms with E-state index in [9.17, 15) is 4.79 Å². The zero-order chi connectivity index (χ0) is 16.4. The predicted octanol–water partition coefficient (Wildman–Crippen LogP) is 3.65. The van der Waals surface area contributed by atoms with Gasteiger partial charge in [0, 0.05) is 23.6 Å². The van der Waals surface area contributed by atoms with E-state index in [1.165, 1.54) is 28.7 Å². The molecule has 0 saturated carbocycles. The topological polar surface area (TPSA) is 67.8 Å². The Kier molecular flexibility index (Phi) is 4.27. The van der Waals surface area contributed by atoms with Crippen molar-refractivity contribution in [2.45, 2.75) is 22.4 Å². The van der Waals surface area contributed by atoms with Crippen LogP contribution in [-0.4, -0.2) is 26.3 Å². The Hall–Kier alpha value is -2.25. The molecule has 1 N–H and O–H groups in total. The van der Waals surface area contributed by atoms with Crippen LogP contribution in [-0.2, 0) is 11.2 Å². The number of amides is 1. The lowest BCUT2D eigenvalue weighted by Crippen LogP contribution is -2.23. The standard InChI is InChI=1S/C17H14N4OS2/c22-15-14(8-7-11-4-1-2-6-13(11)19-15)23-17-21-20-16(24-17)12-5-3-9-18-10-12/h1-6,9-10,14H,7-8H2,(H,19,22)/t14-/m0/s1. The maximum Gasteiger partial charge on any atom is 0.237 e. The lowest BCUT2D eigenvalue weighted by atomic mass is 10.1. The molecule has 5 nitrogen and oxygen atoms in total. The number of anilines is 1. The number of carbonyl (C=O) groups is 1. The first kappa shape index (κ1) is 15.3. The smallest absolute Gasteiger partial charge is 0.237 e. The van der Waals surface area contributed by atoms with Crippen LogP contribution >= 0.6 is 23.1 Å². The number of nitrogens with zero attached hydrogens (tertiary/aromatic N) is 3. The molecule has 0 fully saturated rings. The molecule has 2 aromatic heterocycles. The Bertz CT molecular complexity index is 866. The molecule has 1 aromatic carbocycles. The van der Waals surface area contributed by atoms with Gasteiger partial charge >= 0.3 is 0 Å². The maximum absolute atomic E-state index is 12.5. The van der Waals surface area contributed by atoms with Crippen LogP contribution in [0.1, 0.15) is 12.0 Å². The normalized spacial score (nSPS) is 17.0. The predicted molar refractivity (Wildman–Crippen MR) is 96.2 cm³/mol. The second-order valence-corrected chi connectivity index (χ2v) is 7.83. The number of para-hydroxylation sites is 1. The van der Waals surface area contributed by atoms with Gasteiger partial charge in [-0.15, -0.1) is 10.2 Å². The molecule has 7 heteroatoms. The molecule has 3 heterocycles. The number of nitrogens with one attached hydrogen (secondary N) is 1. The number of pyridine rings is 1. The third kappa shape index (κ3) is 3.18. The molecule has 0 unspecified atom stereocenters. The molecule has 4 rings (SSSR count). The van der Waals surface area contributed by atoms with Crippen LogP contribution in [0.4, 0.5) is 5.69 Å². The van der Waals surface area contributed by atoms with Crippen LogP contribution in [0.15, 0.2) is 53.1 Å². The molecule has 1 aliphatic heterocycles. The van der Waals surface area contributed by atoms with Crippen molar-refractivity contribution < 1.29 is 4.79 Å². The van der Waals surface area contributed by atoms with Crippen molar-refractivity contribution in [3.05, 3.63) is 54.4 Å². The largest absolute Gasteiger partial charge is 0.325 e. The average molecular weight is 354 g/mol. The van der Waals surface area contributed by atoms with Gasteiger partial charge in [0.05, 0.1) is 5.25 Å². The van der Waals surface area contributed by atoms with Crippen LogP contribution in [0.2, 0.25) is 0 Å². The quantitative estimate of drug-likeness (QED) is 0.778. The number of carbonyl (C=O) groups excluding carboxylic acids is 1. The molecule has 0 spiro atoms. The van der Waals surface area contributed by atoms with Gasteiger partial charge in [0.1, 0.15) is 5.01 Å².